The molecule has 0 bridgehead atoms. The highest BCUT2D eigenvalue weighted by Crippen LogP contribution is 2.32. The van der Waals surface area contributed by atoms with Gasteiger partial charge in [-0.25, -0.2) is 0 Å². The number of likely N-dealkylation sites (tertiary alicyclic amines) is 1. The molecule has 2 aromatic heterocycles. The normalized spacial score (nSPS) is 20.7. The van der Waals surface area contributed by atoms with Gasteiger partial charge in [-0.2, -0.15) is 0 Å². The lowest BCUT2D eigenvalue weighted by atomic mass is 9.97. The molecule has 5 nitrogen and oxygen atoms in total. The molecule has 23 heavy (non-hydrogen) atoms. The Hall–Kier alpha value is -2.21. The van der Waals surface area contributed by atoms with Crippen molar-refractivity contribution in [2.45, 2.75) is 38.4 Å². The Bertz CT molecular complexity index is 687. The lowest BCUT2D eigenvalue weighted by Gasteiger charge is -2.33. The number of carbonyl (C=O) groups is 2. The zero-order valence-electron chi connectivity index (χ0n) is 13.0. The van der Waals surface area contributed by atoms with E-state index >= 15 is 0 Å². The van der Waals surface area contributed by atoms with Crippen LogP contribution in [0.3, 0.4) is 0 Å². The third-order valence-electron chi connectivity index (χ3n) is 4.28. The molecule has 3 heterocycles. The molecule has 0 spiro atoms. The molecule has 1 unspecified atom stereocenters. The molecule has 2 aromatic rings. The quantitative estimate of drug-likeness (QED) is 0.916. The lowest BCUT2D eigenvalue weighted by Crippen LogP contribution is -2.53. The van der Waals surface area contributed by atoms with Crippen LogP contribution >= 0.6 is 11.3 Å². The minimum atomic E-state index is -0.788. The average molecular weight is 329 g/mol. The monoisotopic (exact) mass is 329 g/mol. The van der Waals surface area contributed by atoms with Crippen LogP contribution in [-0.4, -0.2) is 27.2 Å². The molecule has 1 fully saturated rings. The van der Waals surface area contributed by atoms with Gasteiger partial charge in [0.05, 0.1) is 6.54 Å². The van der Waals surface area contributed by atoms with E-state index in [1.54, 1.807) is 28.6 Å². The Labute approximate surface area is 139 Å². The number of nitrogens with zero attached hydrogens (tertiary/aromatic N) is 2. The van der Waals surface area contributed by atoms with Gasteiger partial charge in [-0.3, -0.25) is 14.6 Å². The zero-order chi connectivity index (χ0) is 16.3. The Kier molecular flexibility index (Phi) is 4.43. The molecule has 0 radical (unpaired) electrons. The first-order valence-electron chi connectivity index (χ1n) is 7.60. The van der Waals surface area contributed by atoms with Crippen LogP contribution in [-0.2, 0) is 22.7 Å². The maximum atomic E-state index is 12.7. The van der Waals surface area contributed by atoms with Crippen LogP contribution in [0.4, 0.5) is 0 Å². The molecule has 6 heteroatoms. The average Bonchev–Trinajstić information content (AvgIpc) is 3.18. The second-order valence-electron chi connectivity index (χ2n) is 5.88. The highest BCUT2D eigenvalue weighted by Gasteiger charge is 2.47. The summed E-state index contributed by atoms with van der Waals surface area (Å²) in [5.41, 5.74) is 0.155. The fourth-order valence-corrected chi connectivity index (χ4v) is 3.52. The summed E-state index contributed by atoms with van der Waals surface area (Å²) in [5, 5.41) is 4.92. The number of thiophene rings is 1. The summed E-state index contributed by atoms with van der Waals surface area (Å²) in [7, 11) is 0. The largest absolute Gasteiger partial charge is 0.350 e. The van der Waals surface area contributed by atoms with Gasteiger partial charge in [0, 0.05) is 30.2 Å². The van der Waals surface area contributed by atoms with Gasteiger partial charge in [-0.1, -0.05) is 12.1 Å². The Morgan fingerprint density at radius 1 is 1.43 bits per heavy atom. The number of hydrogen-bond donors (Lipinski definition) is 1. The van der Waals surface area contributed by atoms with Crippen LogP contribution < -0.4 is 5.32 Å². The molecule has 1 N–H and O–H groups in total. The first-order chi connectivity index (χ1) is 11.1. The molecular weight excluding hydrogens is 310 g/mol. The standard InChI is InChI=1S/C17H19N3O2S/c1-17(16(22)19-11-13-4-2-8-18-10-13)7-6-15(21)20(17)12-14-5-3-9-23-14/h2-5,8-10H,6-7,11-12H2,1H3,(H,19,22). The number of hydrogen-bond acceptors (Lipinski definition) is 4. The van der Waals surface area contributed by atoms with Gasteiger partial charge in [-0.15, -0.1) is 11.3 Å². The maximum Gasteiger partial charge on any atom is 0.245 e. The Morgan fingerprint density at radius 2 is 2.30 bits per heavy atom. The summed E-state index contributed by atoms with van der Waals surface area (Å²) in [6.45, 7) is 2.76. The van der Waals surface area contributed by atoms with Crippen LogP contribution in [0.2, 0.25) is 0 Å². The van der Waals surface area contributed by atoms with Crippen molar-refractivity contribution in [3.8, 4) is 0 Å². The molecule has 120 valence electrons. The summed E-state index contributed by atoms with van der Waals surface area (Å²) >= 11 is 1.60. The molecule has 1 aliphatic heterocycles. The lowest BCUT2D eigenvalue weighted by molar-refractivity contribution is -0.141. The van der Waals surface area contributed by atoms with Crippen LogP contribution in [0.5, 0.6) is 0 Å². The van der Waals surface area contributed by atoms with Crippen LogP contribution in [0, 0.1) is 0 Å². The van der Waals surface area contributed by atoms with Crippen LogP contribution in [0.1, 0.15) is 30.2 Å². The van der Waals surface area contributed by atoms with Gasteiger partial charge in [0.1, 0.15) is 5.54 Å². The van der Waals surface area contributed by atoms with E-state index in [9.17, 15) is 9.59 Å². The van der Waals surface area contributed by atoms with Crippen molar-refractivity contribution in [1.29, 1.82) is 0 Å². The number of aromatic nitrogens is 1. The zero-order valence-corrected chi connectivity index (χ0v) is 13.8. The maximum absolute atomic E-state index is 12.7. The number of pyridine rings is 1. The van der Waals surface area contributed by atoms with E-state index in [-0.39, 0.29) is 11.8 Å². The first-order valence-corrected chi connectivity index (χ1v) is 8.47. The molecular formula is C17H19N3O2S. The van der Waals surface area contributed by atoms with E-state index in [4.69, 9.17) is 0 Å². The summed E-state index contributed by atoms with van der Waals surface area (Å²) < 4.78 is 0. The number of nitrogens with one attached hydrogen (secondary N) is 1. The van der Waals surface area contributed by atoms with Crippen LogP contribution in [0.15, 0.2) is 42.0 Å². The first kappa shape index (κ1) is 15.7. The number of rotatable bonds is 5. The van der Waals surface area contributed by atoms with E-state index in [2.05, 4.69) is 10.3 Å². The molecule has 0 saturated carbocycles. The van der Waals surface area contributed by atoms with Gasteiger partial charge in [-0.05, 0) is 36.4 Å². The number of carbonyl (C=O) groups excluding carboxylic acids is 2. The predicted molar refractivity (Wildman–Crippen MR) is 88.6 cm³/mol. The summed E-state index contributed by atoms with van der Waals surface area (Å²) in [6.07, 6.45) is 4.40. The fourth-order valence-electron chi connectivity index (χ4n) is 2.83. The van der Waals surface area contributed by atoms with Crippen molar-refractivity contribution >= 4 is 23.2 Å². The van der Waals surface area contributed by atoms with Crippen molar-refractivity contribution in [1.82, 2.24) is 15.2 Å². The SMILES string of the molecule is CC1(C(=O)NCc2cccnc2)CCC(=O)N1Cc1cccs1. The Morgan fingerprint density at radius 3 is 3.00 bits per heavy atom. The molecule has 2 amide bonds. The van der Waals surface area contributed by atoms with Crippen molar-refractivity contribution in [2.75, 3.05) is 0 Å². The minimum Gasteiger partial charge on any atom is -0.350 e. The van der Waals surface area contributed by atoms with E-state index in [1.807, 2.05) is 36.6 Å². The second-order valence-corrected chi connectivity index (χ2v) is 6.91. The van der Waals surface area contributed by atoms with Gasteiger partial charge in [0.2, 0.25) is 11.8 Å². The summed E-state index contributed by atoms with van der Waals surface area (Å²) in [5.74, 6) is -0.0683. The topological polar surface area (TPSA) is 62.3 Å². The van der Waals surface area contributed by atoms with E-state index < -0.39 is 5.54 Å². The third kappa shape index (κ3) is 3.27. The Balaban J connectivity index is 1.70. The van der Waals surface area contributed by atoms with Gasteiger partial charge < -0.3 is 10.2 Å². The summed E-state index contributed by atoms with van der Waals surface area (Å²) in [4.78, 5) is 31.8. The fraction of sp³-hybridized carbons (Fsp3) is 0.353. The van der Waals surface area contributed by atoms with E-state index in [1.165, 1.54) is 0 Å². The minimum absolute atomic E-state index is 0.0393. The predicted octanol–water partition coefficient (Wildman–Crippen LogP) is 2.34. The molecule has 0 aliphatic carbocycles. The third-order valence-corrected chi connectivity index (χ3v) is 5.14. The molecule has 1 saturated heterocycles. The van der Waals surface area contributed by atoms with Gasteiger partial charge in [0.15, 0.2) is 0 Å². The van der Waals surface area contributed by atoms with Crippen molar-refractivity contribution in [3.05, 3.63) is 52.5 Å². The second kappa shape index (κ2) is 6.50. The van der Waals surface area contributed by atoms with E-state index in [0.717, 1.165) is 10.4 Å². The molecule has 3 rings (SSSR count). The smallest absolute Gasteiger partial charge is 0.245 e. The van der Waals surface area contributed by atoms with Crippen molar-refractivity contribution in [2.24, 2.45) is 0 Å². The molecule has 0 aromatic carbocycles. The van der Waals surface area contributed by atoms with E-state index in [0.29, 0.717) is 25.9 Å². The highest BCUT2D eigenvalue weighted by atomic mass is 32.1. The summed E-state index contributed by atoms with van der Waals surface area (Å²) in [6, 6.07) is 7.70. The van der Waals surface area contributed by atoms with Crippen molar-refractivity contribution in [3.63, 3.8) is 0 Å². The van der Waals surface area contributed by atoms with Crippen molar-refractivity contribution < 1.29 is 9.59 Å². The molecule has 1 atom stereocenters. The van der Waals surface area contributed by atoms with Crippen LogP contribution in [0.25, 0.3) is 0 Å². The number of amides is 2. The highest BCUT2D eigenvalue weighted by molar-refractivity contribution is 7.09. The van der Waals surface area contributed by atoms with Gasteiger partial charge >= 0.3 is 0 Å². The molecule has 1 aliphatic rings. The van der Waals surface area contributed by atoms with Gasteiger partial charge in [0.25, 0.3) is 0 Å².